The van der Waals surface area contributed by atoms with Gasteiger partial charge in [0.05, 0.1) is 40.9 Å². The molecule has 2 aliphatic rings. The highest BCUT2D eigenvalue weighted by Crippen LogP contribution is 2.38. The van der Waals surface area contributed by atoms with Crippen LogP contribution in [-0.4, -0.2) is 65.1 Å². The van der Waals surface area contributed by atoms with Crippen LogP contribution in [0.1, 0.15) is 22.3 Å². The maximum Gasteiger partial charge on any atom is 0.416 e. The summed E-state index contributed by atoms with van der Waals surface area (Å²) in [6.07, 6.45) is -6.73. The number of methoxy groups -OCH3 is 1. The number of piperazine rings is 1. The molecule has 1 saturated heterocycles. The molecule has 1 N–H and O–H groups in total. The Morgan fingerprint density at radius 1 is 1.12 bits per heavy atom. The van der Waals surface area contributed by atoms with E-state index in [1.807, 2.05) is 4.90 Å². The maximum absolute atomic E-state index is 13.6. The summed E-state index contributed by atoms with van der Waals surface area (Å²) in [5, 5.41) is 8.72. The fourth-order valence-electron chi connectivity index (χ4n) is 4.63. The number of nitrogens with zero attached hydrogens (tertiary/aromatic N) is 4. The largest absolute Gasteiger partial charge is 0.416 e. The van der Waals surface area contributed by atoms with Crippen LogP contribution < -0.4 is 5.32 Å². The molecule has 14 heteroatoms. The van der Waals surface area contributed by atoms with Gasteiger partial charge in [0.2, 0.25) is 0 Å². The number of carbonyl (C=O) groups is 1. The molecule has 0 spiro atoms. The van der Waals surface area contributed by atoms with Crippen molar-refractivity contribution in [3.63, 3.8) is 0 Å². The van der Waals surface area contributed by atoms with E-state index in [0.717, 1.165) is 12.6 Å². The standard InChI is InChI=1S/C26H23F6N5O2S/c1-39-14-19-13-36(7-6-33-19)24-35-23(38)22(40-24)9-15-2-5-21-17(8-15)11-34-37(21)12-16-3-4-18(25(27,28)29)10-20(16)26(30,31)32/h2-5,8-11,19,33H,6-7,12-14H2,1H3/t19-/m1/s1. The van der Waals surface area contributed by atoms with Crippen LogP contribution in [0.25, 0.3) is 17.0 Å². The molecular weight excluding hydrogens is 560 g/mol. The molecule has 0 radical (unpaired) electrons. The number of alkyl halides is 6. The summed E-state index contributed by atoms with van der Waals surface area (Å²) in [6, 6.07) is 6.77. The summed E-state index contributed by atoms with van der Waals surface area (Å²) in [4.78, 5) is 19.3. The Hall–Kier alpha value is -3.36. The quantitative estimate of drug-likeness (QED) is 0.337. The third kappa shape index (κ3) is 6.03. The molecule has 40 heavy (non-hydrogen) atoms. The van der Waals surface area contributed by atoms with E-state index in [0.29, 0.717) is 52.3 Å². The molecule has 0 saturated carbocycles. The molecule has 2 aliphatic heterocycles. The summed E-state index contributed by atoms with van der Waals surface area (Å²) in [7, 11) is 1.63. The number of rotatable bonds is 5. The van der Waals surface area contributed by atoms with Gasteiger partial charge in [0, 0.05) is 38.2 Å². The van der Waals surface area contributed by atoms with Gasteiger partial charge in [-0.3, -0.25) is 9.48 Å². The topological polar surface area (TPSA) is 71.8 Å². The summed E-state index contributed by atoms with van der Waals surface area (Å²) >= 11 is 1.27. The van der Waals surface area contributed by atoms with Crippen molar-refractivity contribution in [1.29, 1.82) is 0 Å². The zero-order chi connectivity index (χ0) is 28.7. The molecule has 212 valence electrons. The first-order chi connectivity index (χ1) is 18.9. The molecule has 7 nitrogen and oxygen atoms in total. The molecule has 3 heterocycles. The number of nitrogens with one attached hydrogen (secondary N) is 1. The first kappa shape index (κ1) is 28.2. The molecule has 2 aromatic carbocycles. The third-order valence-electron chi connectivity index (χ3n) is 6.53. The van der Waals surface area contributed by atoms with Gasteiger partial charge in [-0.1, -0.05) is 12.1 Å². The van der Waals surface area contributed by atoms with Gasteiger partial charge in [0.1, 0.15) is 0 Å². The molecule has 0 bridgehead atoms. The number of amidine groups is 1. The third-order valence-corrected chi connectivity index (χ3v) is 7.57. The van der Waals surface area contributed by atoms with E-state index in [9.17, 15) is 31.1 Å². The number of fused-ring (bicyclic) bond motifs is 1. The van der Waals surface area contributed by atoms with Gasteiger partial charge in [-0.15, -0.1) is 0 Å². The Balaban J connectivity index is 1.35. The predicted molar refractivity (Wildman–Crippen MR) is 139 cm³/mol. The SMILES string of the molecule is COC[C@H]1CN(C2=NC(=O)C(=Cc3ccc4c(cnn4Cc4ccc(C(F)(F)F)cc4C(F)(F)F)c3)S2)CCN1. The number of hydrogen-bond donors (Lipinski definition) is 1. The monoisotopic (exact) mass is 583 g/mol. The highest BCUT2D eigenvalue weighted by atomic mass is 32.2. The lowest BCUT2D eigenvalue weighted by molar-refractivity contribution is -0.143. The molecule has 1 aromatic heterocycles. The number of benzene rings is 2. The number of aromatic nitrogens is 2. The van der Waals surface area contributed by atoms with Crippen molar-refractivity contribution in [2.24, 2.45) is 4.99 Å². The van der Waals surface area contributed by atoms with Crippen LogP contribution in [0.2, 0.25) is 0 Å². The molecule has 1 atom stereocenters. The number of carbonyl (C=O) groups excluding carboxylic acids is 1. The van der Waals surface area contributed by atoms with Crippen LogP contribution in [0.4, 0.5) is 26.3 Å². The van der Waals surface area contributed by atoms with Crippen molar-refractivity contribution in [2.45, 2.75) is 24.9 Å². The van der Waals surface area contributed by atoms with Crippen LogP contribution in [0.3, 0.4) is 0 Å². The summed E-state index contributed by atoms with van der Waals surface area (Å²) < 4.78 is 86.3. The number of hydrogen-bond acceptors (Lipinski definition) is 6. The summed E-state index contributed by atoms with van der Waals surface area (Å²) in [5.41, 5.74) is -1.91. The molecular formula is C26H23F6N5O2S. The van der Waals surface area contributed by atoms with Gasteiger partial charge in [-0.25, -0.2) is 0 Å². The summed E-state index contributed by atoms with van der Waals surface area (Å²) in [6.45, 7) is 2.25. The second kappa shape index (κ2) is 10.9. The van der Waals surface area contributed by atoms with Crippen LogP contribution >= 0.6 is 11.8 Å². The Morgan fingerprint density at radius 3 is 2.65 bits per heavy atom. The van der Waals surface area contributed by atoms with Crippen molar-refractivity contribution >= 4 is 39.8 Å². The predicted octanol–water partition coefficient (Wildman–Crippen LogP) is 5.01. The van der Waals surface area contributed by atoms with Crippen LogP contribution in [-0.2, 0) is 28.4 Å². The van der Waals surface area contributed by atoms with Gasteiger partial charge in [-0.05, 0) is 53.2 Å². The van der Waals surface area contributed by atoms with E-state index in [2.05, 4.69) is 15.4 Å². The molecule has 3 aromatic rings. The average molecular weight is 584 g/mol. The zero-order valence-corrected chi connectivity index (χ0v) is 21.8. The minimum absolute atomic E-state index is 0.121. The first-order valence-electron chi connectivity index (χ1n) is 12.1. The van der Waals surface area contributed by atoms with E-state index in [-0.39, 0.29) is 30.1 Å². The highest BCUT2D eigenvalue weighted by Gasteiger charge is 2.38. The fraction of sp³-hybridized carbons (Fsp3) is 0.346. The van der Waals surface area contributed by atoms with E-state index in [4.69, 9.17) is 4.74 Å². The number of ether oxygens (including phenoxy) is 1. The van der Waals surface area contributed by atoms with E-state index in [1.54, 1.807) is 31.4 Å². The lowest BCUT2D eigenvalue weighted by atomic mass is 10.0. The highest BCUT2D eigenvalue weighted by molar-refractivity contribution is 8.18. The molecule has 0 unspecified atom stereocenters. The van der Waals surface area contributed by atoms with Crippen molar-refractivity contribution in [3.8, 4) is 0 Å². The fourth-order valence-corrected chi connectivity index (χ4v) is 5.58. The van der Waals surface area contributed by atoms with Crippen LogP contribution in [0, 0.1) is 0 Å². The first-order valence-corrected chi connectivity index (χ1v) is 13.0. The van der Waals surface area contributed by atoms with Crippen molar-refractivity contribution < 1.29 is 35.9 Å². The Bertz CT molecular complexity index is 1490. The lowest BCUT2D eigenvalue weighted by Crippen LogP contribution is -2.53. The summed E-state index contributed by atoms with van der Waals surface area (Å²) in [5.74, 6) is -0.361. The van der Waals surface area contributed by atoms with E-state index < -0.39 is 23.5 Å². The van der Waals surface area contributed by atoms with Crippen LogP contribution in [0.15, 0.2) is 52.5 Å². The average Bonchev–Trinajstić information content (AvgIpc) is 3.46. The number of aliphatic imine (C=N–C) groups is 1. The number of amides is 1. The molecule has 1 amide bonds. The van der Waals surface area contributed by atoms with E-state index in [1.165, 1.54) is 22.6 Å². The second-order valence-electron chi connectivity index (χ2n) is 9.35. The Kier molecular flexibility index (Phi) is 7.68. The molecule has 5 rings (SSSR count). The molecule has 1 fully saturated rings. The Labute approximate surface area is 228 Å². The minimum atomic E-state index is -4.97. The minimum Gasteiger partial charge on any atom is -0.383 e. The van der Waals surface area contributed by atoms with Crippen molar-refractivity contribution in [1.82, 2.24) is 20.0 Å². The number of halogens is 6. The van der Waals surface area contributed by atoms with Gasteiger partial charge in [0.15, 0.2) is 5.17 Å². The van der Waals surface area contributed by atoms with Gasteiger partial charge in [0.25, 0.3) is 5.91 Å². The van der Waals surface area contributed by atoms with Gasteiger partial charge in [-0.2, -0.15) is 36.4 Å². The Morgan fingerprint density at radius 2 is 1.93 bits per heavy atom. The van der Waals surface area contributed by atoms with Crippen molar-refractivity contribution in [3.05, 3.63) is 69.8 Å². The maximum atomic E-state index is 13.6. The van der Waals surface area contributed by atoms with Gasteiger partial charge >= 0.3 is 12.4 Å². The second-order valence-corrected chi connectivity index (χ2v) is 10.4. The lowest BCUT2D eigenvalue weighted by Gasteiger charge is -2.34. The van der Waals surface area contributed by atoms with E-state index >= 15 is 0 Å². The van der Waals surface area contributed by atoms with Gasteiger partial charge < -0.3 is 15.0 Å². The zero-order valence-electron chi connectivity index (χ0n) is 21.0. The van der Waals surface area contributed by atoms with Crippen LogP contribution in [0.5, 0.6) is 0 Å². The smallest absolute Gasteiger partial charge is 0.383 e. The normalized spacial score (nSPS) is 19.6. The number of thioether (sulfide) groups is 1. The van der Waals surface area contributed by atoms with Crippen molar-refractivity contribution in [2.75, 3.05) is 33.4 Å². The molecule has 0 aliphatic carbocycles.